The normalized spacial score (nSPS) is 20.1. The first-order valence-corrected chi connectivity index (χ1v) is 7.52. The van der Waals surface area contributed by atoms with Gasteiger partial charge in [0.05, 0.1) is 17.5 Å². The number of hydrogen-bond donors (Lipinski definition) is 1. The van der Waals surface area contributed by atoms with E-state index in [0.29, 0.717) is 18.3 Å². The van der Waals surface area contributed by atoms with Crippen LogP contribution in [-0.2, 0) is 11.3 Å². The van der Waals surface area contributed by atoms with Crippen LogP contribution in [0.5, 0.6) is 0 Å². The van der Waals surface area contributed by atoms with Crippen molar-refractivity contribution in [3.63, 3.8) is 0 Å². The molecule has 3 rings (SSSR count). The maximum atomic E-state index is 11.5. The monoisotopic (exact) mass is 292 g/mol. The summed E-state index contributed by atoms with van der Waals surface area (Å²) in [5.41, 5.74) is 5.45. The Labute approximate surface area is 120 Å². The average molecular weight is 292 g/mol. The van der Waals surface area contributed by atoms with E-state index in [1.807, 2.05) is 22.4 Å². The molecule has 1 saturated heterocycles. The number of piperidine rings is 1. The number of carbonyl (C=O) groups is 1. The predicted molar refractivity (Wildman–Crippen MR) is 74.9 cm³/mol. The molecule has 0 bridgehead atoms. The lowest BCUT2D eigenvalue weighted by Crippen LogP contribution is -2.47. The van der Waals surface area contributed by atoms with Crippen molar-refractivity contribution in [3.8, 4) is 10.7 Å². The van der Waals surface area contributed by atoms with Gasteiger partial charge in [0.15, 0.2) is 0 Å². The van der Waals surface area contributed by atoms with Crippen LogP contribution in [0.4, 0.5) is 0 Å². The fraction of sp³-hybridized carbons (Fsp3) is 0.462. The van der Waals surface area contributed by atoms with Crippen molar-refractivity contribution in [1.29, 1.82) is 0 Å². The molecule has 106 valence electrons. The molecule has 6 nitrogen and oxygen atoms in total. The highest BCUT2D eigenvalue weighted by molar-refractivity contribution is 7.13. The molecule has 3 heterocycles. The first-order valence-electron chi connectivity index (χ1n) is 6.64. The third-order valence-electron chi connectivity index (χ3n) is 3.49. The van der Waals surface area contributed by atoms with Crippen molar-refractivity contribution in [2.45, 2.75) is 31.8 Å². The van der Waals surface area contributed by atoms with Gasteiger partial charge in [0.25, 0.3) is 0 Å². The zero-order valence-corrected chi connectivity index (χ0v) is 11.8. The summed E-state index contributed by atoms with van der Waals surface area (Å²) in [6, 6.07) is 3.68. The quantitative estimate of drug-likeness (QED) is 0.926. The predicted octanol–water partition coefficient (Wildman–Crippen LogP) is 1.64. The molecule has 2 aromatic rings. The van der Waals surface area contributed by atoms with Crippen LogP contribution in [0.25, 0.3) is 10.7 Å². The average Bonchev–Trinajstić information content (AvgIpc) is 3.09. The highest BCUT2D eigenvalue weighted by Gasteiger charge is 2.28. The van der Waals surface area contributed by atoms with Crippen molar-refractivity contribution in [3.05, 3.63) is 23.4 Å². The van der Waals surface area contributed by atoms with Gasteiger partial charge in [-0.2, -0.15) is 4.98 Å². The molecule has 0 spiro atoms. The lowest BCUT2D eigenvalue weighted by molar-refractivity contribution is -0.124. The van der Waals surface area contributed by atoms with E-state index in [4.69, 9.17) is 10.3 Å². The number of amides is 1. The standard InChI is InChI=1S/C13H16N4O2S/c14-12(18)9-4-1-2-6-17(9)8-11-15-13(16-19-11)10-5-3-7-20-10/h3,5,7,9H,1-2,4,6,8H2,(H2,14,18)/t9-/m1/s1. The topological polar surface area (TPSA) is 85.3 Å². The summed E-state index contributed by atoms with van der Waals surface area (Å²) in [5, 5.41) is 5.95. The van der Waals surface area contributed by atoms with Crippen molar-refractivity contribution < 1.29 is 9.32 Å². The van der Waals surface area contributed by atoms with Gasteiger partial charge in [0.1, 0.15) is 0 Å². The molecular weight excluding hydrogens is 276 g/mol. The van der Waals surface area contributed by atoms with Crippen LogP contribution in [0.1, 0.15) is 25.2 Å². The van der Waals surface area contributed by atoms with Gasteiger partial charge in [-0.1, -0.05) is 17.6 Å². The summed E-state index contributed by atoms with van der Waals surface area (Å²) >= 11 is 1.57. The van der Waals surface area contributed by atoms with Crippen molar-refractivity contribution in [1.82, 2.24) is 15.0 Å². The molecular formula is C13H16N4O2S. The van der Waals surface area contributed by atoms with Crippen LogP contribution in [0, 0.1) is 0 Å². The fourth-order valence-corrected chi connectivity index (χ4v) is 3.15. The Balaban J connectivity index is 1.72. The Kier molecular flexibility index (Phi) is 3.79. The molecule has 0 saturated carbocycles. The summed E-state index contributed by atoms with van der Waals surface area (Å²) in [7, 11) is 0. The molecule has 1 aliphatic heterocycles. The summed E-state index contributed by atoms with van der Waals surface area (Å²) in [6.45, 7) is 1.32. The van der Waals surface area contributed by atoms with Gasteiger partial charge in [0, 0.05) is 0 Å². The van der Waals surface area contributed by atoms with Crippen LogP contribution in [-0.4, -0.2) is 33.5 Å². The van der Waals surface area contributed by atoms with Gasteiger partial charge in [0.2, 0.25) is 17.6 Å². The van der Waals surface area contributed by atoms with Gasteiger partial charge in [-0.25, -0.2) is 0 Å². The number of hydrogen-bond acceptors (Lipinski definition) is 6. The first kappa shape index (κ1) is 13.3. The van der Waals surface area contributed by atoms with E-state index < -0.39 is 0 Å². The number of nitrogens with zero attached hydrogens (tertiary/aromatic N) is 3. The maximum absolute atomic E-state index is 11.5. The van der Waals surface area contributed by atoms with E-state index >= 15 is 0 Å². The Morgan fingerprint density at radius 3 is 3.20 bits per heavy atom. The second-order valence-electron chi connectivity index (χ2n) is 4.87. The Bertz CT molecular complexity index is 581. The molecule has 0 aromatic carbocycles. The van der Waals surface area contributed by atoms with Crippen molar-refractivity contribution in [2.24, 2.45) is 5.73 Å². The second-order valence-corrected chi connectivity index (χ2v) is 5.82. The van der Waals surface area contributed by atoms with Crippen LogP contribution in [0.2, 0.25) is 0 Å². The largest absolute Gasteiger partial charge is 0.368 e. The van der Waals surface area contributed by atoms with Crippen molar-refractivity contribution >= 4 is 17.2 Å². The van der Waals surface area contributed by atoms with Crippen LogP contribution >= 0.6 is 11.3 Å². The smallest absolute Gasteiger partial charge is 0.241 e. The molecule has 1 fully saturated rings. The maximum Gasteiger partial charge on any atom is 0.241 e. The highest BCUT2D eigenvalue weighted by Crippen LogP contribution is 2.23. The molecule has 7 heteroatoms. The van der Waals surface area contributed by atoms with E-state index in [9.17, 15) is 4.79 Å². The molecule has 1 amide bonds. The summed E-state index contributed by atoms with van der Waals surface area (Å²) in [5.74, 6) is 0.854. The minimum Gasteiger partial charge on any atom is -0.368 e. The molecule has 20 heavy (non-hydrogen) atoms. The molecule has 0 unspecified atom stereocenters. The third kappa shape index (κ3) is 2.73. The van der Waals surface area contributed by atoms with Gasteiger partial charge >= 0.3 is 0 Å². The summed E-state index contributed by atoms with van der Waals surface area (Å²) in [6.07, 6.45) is 2.91. The molecule has 0 radical (unpaired) electrons. The number of thiophene rings is 1. The number of primary amides is 1. The molecule has 2 N–H and O–H groups in total. The lowest BCUT2D eigenvalue weighted by atomic mass is 10.0. The van der Waals surface area contributed by atoms with E-state index in [-0.39, 0.29) is 11.9 Å². The zero-order valence-electron chi connectivity index (χ0n) is 11.0. The highest BCUT2D eigenvalue weighted by atomic mass is 32.1. The van der Waals surface area contributed by atoms with E-state index in [1.165, 1.54) is 0 Å². The van der Waals surface area contributed by atoms with E-state index in [2.05, 4.69) is 10.1 Å². The van der Waals surface area contributed by atoms with Gasteiger partial charge < -0.3 is 10.3 Å². The van der Waals surface area contributed by atoms with Crippen LogP contribution in [0.3, 0.4) is 0 Å². The van der Waals surface area contributed by atoms with Gasteiger partial charge in [-0.15, -0.1) is 11.3 Å². The number of likely N-dealkylation sites (tertiary alicyclic amines) is 1. The Morgan fingerprint density at radius 2 is 2.45 bits per heavy atom. The van der Waals surface area contributed by atoms with Crippen LogP contribution in [0.15, 0.2) is 22.0 Å². The second kappa shape index (κ2) is 5.72. The zero-order chi connectivity index (χ0) is 13.9. The Hall–Kier alpha value is -1.73. The fourth-order valence-electron chi connectivity index (χ4n) is 2.50. The number of rotatable bonds is 4. The number of carbonyl (C=O) groups excluding carboxylic acids is 1. The van der Waals surface area contributed by atoms with Crippen molar-refractivity contribution in [2.75, 3.05) is 6.54 Å². The molecule has 1 atom stereocenters. The summed E-state index contributed by atoms with van der Waals surface area (Å²) < 4.78 is 5.27. The number of nitrogens with two attached hydrogens (primary N) is 1. The number of aromatic nitrogens is 2. The molecule has 1 aliphatic rings. The lowest BCUT2D eigenvalue weighted by Gasteiger charge is -2.32. The van der Waals surface area contributed by atoms with Crippen LogP contribution < -0.4 is 5.73 Å². The van der Waals surface area contributed by atoms with E-state index in [1.54, 1.807) is 11.3 Å². The molecule has 0 aliphatic carbocycles. The van der Waals surface area contributed by atoms with Gasteiger partial charge in [-0.05, 0) is 30.8 Å². The molecule has 2 aromatic heterocycles. The van der Waals surface area contributed by atoms with Gasteiger partial charge in [-0.3, -0.25) is 9.69 Å². The first-order chi connectivity index (χ1) is 9.74. The summed E-state index contributed by atoms with van der Waals surface area (Å²) in [4.78, 5) is 18.8. The van der Waals surface area contributed by atoms with E-state index in [0.717, 1.165) is 30.7 Å². The SMILES string of the molecule is NC(=O)[C@H]1CCCCN1Cc1nc(-c2cccs2)no1. The minimum absolute atomic E-state index is 0.221. The minimum atomic E-state index is -0.275. The Morgan fingerprint density at radius 1 is 1.55 bits per heavy atom. The third-order valence-corrected chi connectivity index (χ3v) is 4.36.